The molecule has 0 bridgehead atoms. The van der Waals surface area contributed by atoms with E-state index in [1.165, 1.54) is 4.90 Å². The molecule has 0 N–H and O–H groups in total. The van der Waals surface area contributed by atoms with E-state index in [0.29, 0.717) is 11.1 Å². The summed E-state index contributed by atoms with van der Waals surface area (Å²) >= 11 is 1.75. The lowest BCUT2D eigenvalue weighted by Gasteiger charge is -2.28. The summed E-state index contributed by atoms with van der Waals surface area (Å²) in [5, 5.41) is 0. The van der Waals surface area contributed by atoms with Crippen LogP contribution < -0.4 is 0 Å². The minimum atomic E-state index is -0.398. The predicted octanol–water partition coefficient (Wildman–Crippen LogP) is 4.68. The van der Waals surface area contributed by atoms with E-state index in [4.69, 9.17) is 0 Å². The van der Waals surface area contributed by atoms with Crippen molar-refractivity contribution in [1.29, 1.82) is 0 Å². The molecule has 0 aromatic heterocycles. The van der Waals surface area contributed by atoms with Crippen LogP contribution in [0.5, 0.6) is 0 Å². The summed E-state index contributed by atoms with van der Waals surface area (Å²) in [6.45, 7) is 0. The zero-order valence-electron chi connectivity index (χ0n) is 13.9. The maximum Gasteiger partial charge on any atom is 0.262 e. The van der Waals surface area contributed by atoms with Gasteiger partial charge in [0.05, 0.1) is 17.2 Å². The summed E-state index contributed by atoms with van der Waals surface area (Å²) in [4.78, 5) is 28.8. The second-order valence-corrected chi connectivity index (χ2v) is 7.47. The van der Waals surface area contributed by atoms with Gasteiger partial charge in [0.1, 0.15) is 0 Å². The van der Waals surface area contributed by atoms with Crippen molar-refractivity contribution in [2.24, 2.45) is 0 Å². The molecule has 3 aromatic rings. The Hall–Kier alpha value is -2.85. The number of nitrogens with zero attached hydrogens (tertiary/aromatic N) is 1. The zero-order valence-corrected chi connectivity index (χ0v) is 14.7. The van der Waals surface area contributed by atoms with Crippen molar-refractivity contribution < 1.29 is 9.59 Å². The van der Waals surface area contributed by atoms with Crippen LogP contribution in [-0.4, -0.2) is 16.7 Å². The fourth-order valence-electron chi connectivity index (χ4n) is 3.81. The van der Waals surface area contributed by atoms with Gasteiger partial charge >= 0.3 is 0 Å². The van der Waals surface area contributed by atoms with E-state index in [1.807, 2.05) is 36.4 Å². The molecule has 0 spiro atoms. The average Bonchev–Trinajstić information content (AvgIpc) is 2.84. The monoisotopic (exact) mass is 357 g/mol. The van der Waals surface area contributed by atoms with Crippen molar-refractivity contribution in [3.63, 3.8) is 0 Å². The van der Waals surface area contributed by atoms with E-state index < -0.39 is 6.04 Å². The molecule has 3 nitrogen and oxygen atoms in total. The molecule has 5 rings (SSSR count). The summed E-state index contributed by atoms with van der Waals surface area (Å²) in [7, 11) is 0. The number of hydrogen-bond donors (Lipinski definition) is 0. The van der Waals surface area contributed by atoms with Gasteiger partial charge in [0, 0.05) is 10.6 Å². The highest BCUT2D eigenvalue weighted by atomic mass is 32.2. The molecule has 1 atom stereocenters. The smallest absolute Gasteiger partial charge is 0.262 e. The van der Waals surface area contributed by atoms with Gasteiger partial charge in [0.25, 0.3) is 11.8 Å². The minimum absolute atomic E-state index is 0.216. The quantitative estimate of drug-likeness (QED) is 0.594. The van der Waals surface area contributed by atoms with Gasteiger partial charge in [-0.1, -0.05) is 54.6 Å². The third kappa shape index (κ3) is 2.15. The molecule has 0 saturated heterocycles. The molecule has 4 heteroatoms. The molecule has 3 aromatic carbocycles. The molecule has 0 aliphatic carbocycles. The Morgan fingerprint density at radius 1 is 0.731 bits per heavy atom. The van der Waals surface area contributed by atoms with Gasteiger partial charge in [-0.15, -0.1) is 11.8 Å². The number of benzene rings is 3. The van der Waals surface area contributed by atoms with Gasteiger partial charge in [0.15, 0.2) is 0 Å². The lowest BCUT2D eigenvalue weighted by atomic mass is 9.93. The van der Waals surface area contributed by atoms with Crippen LogP contribution >= 0.6 is 11.8 Å². The van der Waals surface area contributed by atoms with Gasteiger partial charge in [-0.05, 0) is 34.9 Å². The number of hydrogen-bond acceptors (Lipinski definition) is 3. The number of thioether (sulfide) groups is 1. The van der Waals surface area contributed by atoms with Crippen LogP contribution in [0.2, 0.25) is 0 Å². The number of amides is 2. The zero-order chi connectivity index (χ0) is 17.7. The Morgan fingerprint density at radius 2 is 1.31 bits per heavy atom. The molecule has 2 amide bonds. The Bertz CT molecular complexity index is 977. The third-order valence-electron chi connectivity index (χ3n) is 5.03. The summed E-state index contributed by atoms with van der Waals surface area (Å²) in [6, 6.07) is 22.8. The molecular weight excluding hydrogens is 342 g/mol. The number of fused-ring (bicyclic) bond motifs is 3. The average molecular weight is 357 g/mol. The summed E-state index contributed by atoms with van der Waals surface area (Å²) < 4.78 is 0. The normalized spacial score (nSPS) is 18.2. The number of rotatable bonds is 1. The number of carbonyl (C=O) groups is 2. The lowest BCUT2D eigenvalue weighted by molar-refractivity contribution is 0.0607. The van der Waals surface area contributed by atoms with Gasteiger partial charge in [-0.3, -0.25) is 14.5 Å². The van der Waals surface area contributed by atoms with Crippen LogP contribution in [0.25, 0.3) is 0 Å². The summed E-state index contributed by atoms with van der Waals surface area (Å²) in [5.74, 6) is 0.395. The first kappa shape index (κ1) is 15.4. The second kappa shape index (κ2) is 5.85. The molecule has 26 heavy (non-hydrogen) atoms. The first-order valence-corrected chi connectivity index (χ1v) is 9.51. The van der Waals surface area contributed by atoms with Crippen LogP contribution in [0.3, 0.4) is 0 Å². The Balaban J connectivity index is 1.75. The van der Waals surface area contributed by atoms with Crippen molar-refractivity contribution in [2.75, 3.05) is 0 Å². The van der Waals surface area contributed by atoms with E-state index in [9.17, 15) is 9.59 Å². The summed E-state index contributed by atoms with van der Waals surface area (Å²) in [6.07, 6.45) is 0. The SMILES string of the molecule is O=C1c2ccccc2C(=O)N1[C@H]1c2ccccc2CSc2ccccc21. The standard InChI is InChI=1S/C22H15NO2S/c24-21-16-9-3-4-10-17(16)22(25)23(21)20-15-8-2-1-7-14(15)13-26-19-12-6-5-11-18(19)20/h1-12,20H,13H2/t20-/m0/s1. The summed E-state index contributed by atoms with van der Waals surface area (Å²) in [5.41, 5.74) is 4.18. The second-order valence-electron chi connectivity index (χ2n) is 6.45. The molecule has 0 fully saturated rings. The largest absolute Gasteiger partial charge is 0.269 e. The Kier molecular flexibility index (Phi) is 3.47. The molecule has 0 radical (unpaired) electrons. The number of imide groups is 1. The van der Waals surface area contributed by atoms with Gasteiger partial charge in [0.2, 0.25) is 0 Å². The lowest BCUT2D eigenvalue weighted by Crippen LogP contribution is -2.35. The fourth-order valence-corrected chi connectivity index (χ4v) is 4.91. The van der Waals surface area contributed by atoms with Gasteiger partial charge in [-0.2, -0.15) is 0 Å². The van der Waals surface area contributed by atoms with E-state index in [-0.39, 0.29) is 11.8 Å². The van der Waals surface area contributed by atoms with Crippen LogP contribution in [0, 0.1) is 0 Å². The van der Waals surface area contributed by atoms with Crippen LogP contribution in [0.1, 0.15) is 43.4 Å². The molecular formula is C22H15NO2S. The van der Waals surface area contributed by atoms with Crippen molar-refractivity contribution in [3.05, 3.63) is 101 Å². The topological polar surface area (TPSA) is 37.4 Å². The maximum absolute atomic E-state index is 13.1. The predicted molar refractivity (Wildman–Crippen MR) is 101 cm³/mol. The Labute approximate surface area is 155 Å². The molecule has 2 heterocycles. The van der Waals surface area contributed by atoms with E-state index in [0.717, 1.165) is 27.3 Å². The van der Waals surface area contributed by atoms with E-state index >= 15 is 0 Å². The molecule has 2 aliphatic heterocycles. The van der Waals surface area contributed by atoms with Gasteiger partial charge in [-0.25, -0.2) is 0 Å². The Morgan fingerprint density at radius 3 is 2.04 bits per heavy atom. The highest BCUT2D eigenvalue weighted by molar-refractivity contribution is 7.98. The van der Waals surface area contributed by atoms with Gasteiger partial charge < -0.3 is 0 Å². The van der Waals surface area contributed by atoms with Crippen molar-refractivity contribution >= 4 is 23.6 Å². The molecule has 0 saturated carbocycles. The number of carbonyl (C=O) groups excluding carboxylic acids is 2. The minimum Gasteiger partial charge on any atom is -0.269 e. The molecule has 0 unspecified atom stereocenters. The van der Waals surface area contributed by atoms with E-state index in [2.05, 4.69) is 12.1 Å². The highest BCUT2D eigenvalue weighted by Crippen LogP contribution is 2.44. The van der Waals surface area contributed by atoms with Crippen molar-refractivity contribution in [3.8, 4) is 0 Å². The highest BCUT2D eigenvalue weighted by Gasteiger charge is 2.42. The van der Waals surface area contributed by atoms with E-state index in [1.54, 1.807) is 36.0 Å². The first-order chi connectivity index (χ1) is 12.8. The van der Waals surface area contributed by atoms with Crippen LogP contribution in [-0.2, 0) is 5.75 Å². The van der Waals surface area contributed by atoms with Crippen molar-refractivity contribution in [2.45, 2.75) is 16.7 Å². The van der Waals surface area contributed by atoms with Crippen molar-refractivity contribution in [1.82, 2.24) is 4.90 Å². The first-order valence-electron chi connectivity index (χ1n) is 8.52. The third-order valence-corrected chi connectivity index (χ3v) is 6.17. The van der Waals surface area contributed by atoms with Crippen LogP contribution in [0.4, 0.5) is 0 Å². The van der Waals surface area contributed by atoms with Crippen LogP contribution in [0.15, 0.2) is 77.7 Å². The molecule has 126 valence electrons. The fraction of sp³-hybridized carbons (Fsp3) is 0.0909. The maximum atomic E-state index is 13.1. The molecule has 2 aliphatic rings.